The molecule has 0 spiro atoms. The Kier molecular flexibility index (Phi) is 5.00. The zero-order valence-corrected chi connectivity index (χ0v) is 11.0. The van der Waals surface area contributed by atoms with Crippen LogP contribution in [-0.2, 0) is 4.79 Å². The predicted molar refractivity (Wildman–Crippen MR) is 75.6 cm³/mol. The van der Waals surface area contributed by atoms with E-state index in [4.69, 9.17) is 5.11 Å². The van der Waals surface area contributed by atoms with Gasteiger partial charge in [0.25, 0.3) is 0 Å². The highest BCUT2D eigenvalue weighted by atomic mass is 16.2. The van der Waals surface area contributed by atoms with E-state index in [2.05, 4.69) is 17.2 Å². The third-order valence-electron chi connectivity index (χ3n) is 3.34. The highest BCUT2D eigenvalue weighted by Gasteiger charge is 2.20. The molecule has 0 radical (unpaired) electrons. The van der Waals surface area contributed by atoms with Crippen LogP contribution in [0.2, 0.25) is 0 Å². The van der Waals surface area contributed by atoms with Gasteiger partial charge in [0.15, 0.2) is 0 Å². The molecule has 1 saturated carbocycles. The molecule has 100 valence electrons. The lowest BCUT2D eigenvalue weighted by molar-refractivity contribution is -0.117. The van der Waals surface area contributed by atoms with E-state index in [1.165, 1.54) is 19.3 Å². The van der Waals surface area contributed by atoms with E-state index in [-0.39, 0.29) is 12.5 Å². The fraction of sp³-hybridized carbons (Fsp3) is 0.438. The van der Waals surface area contributed by atoms with Crippen LogP contribution < -0.4 is 5.32 Å². The number of carbonyl (C=O) groups excluding carboxylic acids is 1. The van der Waals surface area contributed by atoms with Gasteiger partial charge in [0.1, 0.15) is 0 Å². The monoisotopic (exact) mass is 257 g/mol. The molecule has 3 nitrogen and oxygen atoms in total. The molecule has 0 heterocycles. The number of aliphatic hydroxyl groups excluding tert-OH is 1. The average Bonchev–Trinajstić information content (AvgIpc) is 2.36. The number of amides is 1. The SMILES string of the molecule is O=C(CC1CCC1)Nc1ccc(C#CCCO)cc1. The summed E-state index contributed by atoms with van der Waals surface area (Å²) in [6.45, 7) is 0.0856. The van der Waals surface area contributed by atoms with Crippen molar-refractivity contribution in [2.45, 2.75) is 32.1 Å². The number of anilines is 1. The van der Waals surface area contributed by atoms with Crippen LogP contribution in [0.4, 0.5) is 5.69 Å². The van der Waals surface area contributed by atoms with Crippen molar-refractivity contribution < 1.29 is 9.90 Å². The van der Waals surface area contributed by atoms with Crippen molar-refractivity contribution in [3.05, 3.63) is 29.8 Å². The lowest BCUT2D eigenvalue weighted by atomic mass is 9.83. The van der Waals surface area contributed by atoms with Crippen molar-refractivity contribution in [1.29, 1.82) is 0 Å². The average molecular weight is 257 g/mol. The molecular weight excluding hydrogens is 238 g/mol. The van der Waals surface area contributed by atoms with Gasteiger partial charge in [-0.05, 0) is 43.0 Å². The Labute approximate surface area is 114 Å². The summed E-state index contributed by atoms with van der Waals surface area (Å²) >= 11 is 0. The molecular formula is C16H19NO2. The lowest BCUT2D eigenvalue weighted by Gasteiger charge is -2.24. The van der Waals surface area contributed by atoms with Gasteiger partial charge in [-0.3, -0.25) is 4.79 Å². The second-order valence-corrected chi connectivity index (χ2v) is 4.90. The maximum atomic E-state index is 11.7. The van der Waals surface area contributed by atoms with Crippen molar-refractivity contribution in [2.24, 2.45) is 5.92 Å². The molecule has 19 heavy (non-hydrogen) atoms. The highest BCUT2D eigenvalue weighted by molar-refractivity contribution is 5.90. The molecule has 1 aliphatic rings. The molecule has 2 N–H and O–H groups in total. The Bertz CT molecular complexity index is 478. The number of rotatable bonds is 4. The number of benzene rings is 1. The summed E-state index contributed by atoms with van der Waals surface area (Å²) in [6.07, 6.45) is 4.76. The van der Waals surface area contributed by atoms with Gasteiger partial charge in [-0.25, -0.2) is 0 Å². The minimum atomic E-state index is 0.0856. The van der Waals surface area contributed by atoms with Crippen molar-refractivity contribution in [3.63, 3.8) is 0 Å². The van der Waals surface area contributed by atoms with E-state index in [9.17, 15) is 4.79 Å². The Morgan fingerprint density at radius 1 is 1.32 bits per heavy atom. The highest BCUT2D eigenvalue weighted by Crippen LogP contribution is 2.29. The van der Waals surface area contributed by atoms with Gasteiger partial charge in [-0.1, -0.05) is 18.3 Å². The lowest BCUT2D eigenvalue weighted by Crippen LogP contribution is -2.20. The molecule has 0 bridgehead atoms. The van der Waals surface area contributed by atoms with E-state index >= 15 is 0 Å². The molecule has 1 aliphatic carbocycles. The van der Waals surface area contributed by atoms with Crippen LogP contribution in [0, 0.1) is 17.8 Å². The molecule has 1 aromatic carbocycles. The molecule has 1 amide bonds. The summed E-state index contributed by atoms with van der Waals surface area (Å²) < 4.78 is 0. The molecule has 2 rings (SSSR count). The van der Waals surface area contributed by atoms with Crippen LogP contribution in [0.3, 0.4) is 0 Å². The third kappa shape index (κ3) is 4.42. The Balaban J connectivity index is 1.84. The first-order valence-corrected chi connectivity index (χ1v) is 6.77. The van der Waals surface area contributed by atoms with Crippen LogP contribution in [0.25, 0.3) is 0 Å². The van der Waals surface area contributed by atoms with Crippen molar-refractivity contribution in [2.75, 3.05) is 11.9 Å². The van der Waals surface area contributed by atoms with Crippen LogP contribution in [0.5, 0.6) is 0 Å². The second kappa shape index (κ2) is 6.96. The molecule has 1 aromatic rings. The zero-order chi connectivity index (χ0) is 13.5. The van der Waals surface area contributed by atoms with E-state index < -0.39 is 0 Å². The molecule has 0 saturated heterocycles. The maximum Gasteiger partial charge on any atom is 0.224 e. The van der Waals surface area contributed by atoms with Crippen LogP contribution in [0.15, 0.2) is 24.3 Å². The first-order valence-electron chi connectivity index (χ1n) is 6.77. The summed E-state index contributed by atoms with van der Waals surface area (Å²) in [7, 11) is 0. The van der Waals surface area contributed by atoms with Crippen molar-refractivity contribution >= 4 is 11.6 Å². The van der Waals surface area contributed by atoms with E-state index in [0.717, 1.165) is 11.3 Å². The smallest absolute Gasteiger partial charge is 0.224 e. The first kappa shape index (κ1) is 13.6. The van der Waals surface area contributed by atoms with Gasteiger partial charge < -0.3 is 10.4 Å². The molecule has 0 aliphatic heterocycles. The van der Waals surface area contributed by atoms with E-state index in [1.807, 2.05) is 24.3 Å². The van der Waals surface area contributed by atoms with Gasteiger partial charge in [0.05, 0.1) is 6.61 Å². The molecule has 0 aromatic heterocycles. The number of aliphatic hydroxyl groups is 1. The molecule has 0 unspecified atom stereocenters. The zero-order valence-electron chi connectivity index (χ0n) is 11.0. The Morgan fingerprint density at radius 3 is 2.63 bits per heavy atom. The fourth-order valence-corrected chi connectivity index (χ4v) is 2.03. The molecule has 0 atom stereocenters. The Morgan fingerprint density at radius 2 is 2.05 bits per heavy atom. The molecule has 3 heteroatoms. The first-order chi connectivity index (χ1) is 9.28. The third-order valence-corrected chi connectivity index (χ3v) is 3.34. The quantitative estimate of drug-likeness (QED) is 0.814. The minimum absolute atomic E-state index is 0.0856. The van der Waals surface area contributed by atoms with Gasteiger partial charge in [0, 0.05) is 24.1 Å². The van der Waals surface area contributed by atoms with Crippen LogP contribution >= 0.6 is 0 Å². The summed E-state index contributed by atoms with van der Waals surface area (Å²) in [4.78, 5) is 11.7. The number of nitrogens with one attached hydrogen (secondary N) is 1. The summed E-state index contributed by atoms with van der Waals surface area (Å²) in [5.41, 5.74) is 1.71. The van der Waals surface area contributed by atoms with Crippen molar-refractivity contribution in [3.8, 4) is 11.8 Å². The summed E-state index contributed by atoms with van der Waals surface area (Å²) in [5.74, 6) is 6.51. The number of hydrogen-bond donors (Lipinski definition) is 2. The summed E-state index contributed by atoms with van der Waals surface area (Å²) in [5, 5.41) is 11.5. The standard InChI is InChI=1S/C16H19NO2/c18-11-2-1-4-13-7-9-15(10-8-13)17-16(19)12-14-5-3-6-14/h7-10,14,18H,2-3,5-6,11-12H2,(H,17,19). The van der Waals surface area contributed by atoms with Gasteiger partial charge in [-0.2, -0.15) is 0 Å². The van der Waals surface area contributed by atoms with E-state index in [0.29, 0.717) is 18.8 Å². The largest absolute Gasteiger partial charge is 0.395 e. The number of hydrogen-bond acceptors (Lipinski definition) is 2. The van der Waals surface area contributed by atoms with Crippen LogP contribution in [-0.4, -0.2) is 17.6 Å². The van der Waals surface area contributed by atoms with Crippen LogP contribution in [0.1, 0.15) is 37.7 Å². The fourth-order valence-electron chi connectivity index (χ4n) is 2.03. The topological polar surface area (TPSA) is 49.3 Å². The Hall–Kier alpha value is -1.79. The maximum absolute atomic E-state index is 11.7. The second-order valence-electron chi connectivity index (χ2n) is 4.90. The minimum Gasteiger partial charge on any atom is -0.395 e. The molecule has 1 fully saturated rings. The predicted octanol–water partition coefficient (Wildman–Crippen LogP) is 2.55. The van der Waals surface area contributed by atoms with Gasteiger partial charge in [-0.15, -0.1) is 0 Å². The summed E-state index contributed by atoms with van der Waals surface area (Å²) in [6, 6.07) is 7.48. The van der Waals surface area contributed by atoms with Crippen molar-refractivity contribution in [1.82, 2.24) is 0 Å². The van der Waals surface area contributed by atoms with E-state index in [1.54, 1.807) is 0 Å². The normalized spacial score (nSPS) is 14.2. The van der Waals surface area contributed by atoms with Gasteiger partial charge >= 0.3 is 0 Å². The van der Waals surface area contributed by atoms with Gasteiger partial charge in [0.2, 0.25) is 5.91 Å². The number of carbonyl (C=O) groups is 1.